The number of para-hydroxylation sites is 1. The molecule has 3 aromatic carbocycles. The van der Waals surface area contributed by atoms with Crippen molar-refractivity contribution in [3.8, 4) is 34.1 Å². The van der Waals surface area contributed by atoms with Gasteiger partial charge in [-0.15, -0.1) is 0 Å². The molecule has 0 unspecified atom stereocenters. The lowest BCUT2D eigenvalue weighted by Crippen LogP contribution is -2.04. The summed E-state index contributed by atoms with van der Waals surface area (Å²) < 4.78 is 5.29. The zero-order chi connectivity index (χ0) is 19.4. The Morgan fingerprint density at radius 2 is 1.33 bits per heavy atom. The largest absolute Gasteiger partial charge is 0.508 e. The van der Waals surface area contributed by atoms with Crippen molar-refractivity contribution >= 4 is 11.0 Å². The van der Waals surface area contributed by atoms with E-state index in [-0.39, 0.29) is 33.8 Å². The molecule has 0 atom stereocenters. The molecular formula is C21H16O6. The fourth-order valence-electron chi connectivity index (χ4n) is 2.49. The minimum absolute atomic E-state index is 0.00775. The second kappa shape index (κ2) is 7.53. The van der Waals surface area contributed by atoms with Crippen molar-refractivity contribution < 1.29 is 24.8 Å². The van der Waals surface area contributed by atoms with Crippen molar-refractivity contribution in [2.75, 3.05) is 0 Å². The second-order valence-corrected chi connectivity index (χ2v) is 5.70. The van der Waals surface area contributed by atoms with Gasteiger partial charge < -0.3 is 24.8 Å². The molecule has 4 aromatic rings. The minimum atomic E-state index is -0.408. The quantitative estimate of drug-likeness (QED) is 0.407. The van der Waals surface area contributed by atoms with Gasteiger partial charge in [0.05, 0.1) is 5.56 Å². The third-order valence-corrected chi connectivity index (χ3v) is 3.78. The minimum Gasteiger partial charge on any atom is -0.508 e. The molecule has 1 aromatic heterocycles. The Labute approximate surface area is 153 Å². The first-order chi connectivity index (χ1) is 13.0. The summed E-state index contributed by atoms with van der Waals surface area (Å²) in [5.41, 5.74) is 0.522. The normalized spacial score (nSPS) is 10.2. The molecule has 0 spiro atoms. The fourth-order valence-corrected chi connectivity index (χ4v) is 2.49. The molecule has 4 rings (SSSR count). The molecule has 136 valence electrons. The Balaban J connectivity index is 0.000000253. The van der Waals surface area contributed by atoms with Gasteiger partial charge in [-0.2, -0.15) is 0 Å². The van der Waals surface area contributed by atoms with Crippen LogP contribution in [0.5, 0.6) is 23.0 Å². The van der Waals surface area contributed by atoms with Crippen molar-refractivity contribution in [2.45, 2.75) is 0 Å². The van der Waals surface area contributed by atoms with Crippen LogP contribution in [-0.4, -0.2) is 20.4 Å². The maximum absolute atomic E-state index is 12.4. The molecule has 4 N–H and O–H groups in total. The first-order valence-electron chi connectivity index (χ1n) is 7.96. The van der Waals surface area contributed by atoms with Gasteiger partial charge in [-0.1, -0.05) is 30.3 Å². The van der Waals surface area contributed by atoms with Crippen molar-refractivity contribution in [2.24, 2.45) is 0 Å². The lowest BCUT2D eigenvalue weighted by Gasteiger charge is -2.05. The number of rotatable bonds is 1. The number of phenols is 4. The Bertz CT molecular complexity index is 1120. The molecule has 0 aliphatic heterocycles. The summed E-state index contributed by atoms with van der Waals surface area (Å²) >= 11 is 0. The van der Waals surface area contributed by atoms with Crippen LogP contribution in [0.1, 0.15) is 0 Å². The van der Waals surface area contributed by atoms with E-state index < -0.39 is 5.43 Å². The van der Waals surface area contributed by atoms with E-state index >= 15 is 0 Å². The molecule has 6 heteroatoms. The summed E-state index contributed by atoms with van der Waals surface area (Å²) in [5, 5.41) is 37.0. The number of fused-ring (bicyclic) bond motifs is 1. The fraction of sp³-hybridized carbons (Fsp3) is 0. The molecule has 0 aliphatic rings. The Hall–Kier alpha value is -3.93. The van der Waals surface area contributed by atoms with E-state index in [0.717, 1.165) is 6.07 Å². The van der Waals surface area contributed by atoms with Crippen LogP contribution >= 0.6 is 0 Å². The Kier molecular flexibility index (Phi) is 4.99. The summed E-state index contributed by atoms with van der Waals surface area (Å²) in [5.74, 6) is -0.112. The van der Waals surface area contributed by atoms with Gasteiger partial charge in [-0.05, 0) is 29.8 Å². The van der Waals surface area contributed by atoms with E-state index in [1.807, 2.05) is 6.07 Å². The van der Waals surface area contributed by atoms with Crippen LogP contribution in [0.3, 0.4) is 0 Å². The predicted molar refractivity (Wildman–Crippen MR) is 101 cm³/mol. The van der Waals surface area contributed by atoms with Crippen molar-refractivity contribution in [3.05, 3.63) is 83.2 Å². The highest BCUT2D eigenvalue weighted by Crippen LogP contribution is 2.29. The highest BCUT2D eigenvalue weighted by atomic mass is 16.3. The summed E-state index contributed by atoms with van der Waals surface area (Å²) in [6, 6.07) is 17.1. The van der Waals surface area contributed by atoms with E-state index in [9.17, 15) is 20.1 Å². The van der Waals surface area contributed by atoms with Crippen molar-refractivity contribution in [3.63, 3.8) is 0 Å². The molecule has 0 fully saturated rings. The van der Waals surface area contributed by atoms with Crippen LogP contribution in [-0.2, 0) is 0 Å². The summed E-state index contributed by atoms with van der Waals surface area (Å²) in [6.07, 6.45) is 1.26. The predicted octanol–water partition coefficient (Wildman–Crippen LogP) is 3.97. The van der Waals surface area contributed by atoms with Gasteiger partial charge in [0.1, 0.15) is 40.2 Å². The van der Waals surface area contributed by atoms with E-state index in [2.05, 4.69) is 0 Å². The first kappa shape index (κ1) is 17.9. The van der Waals surface area contributed by atoms with Gasteiger partial charge in [0.15, 0.2) is 0 Å². The van der Waals surface area contributed by atoms with Gasteiger partial charge in [-0.3, -0.25) is 4.79 Å². The van der Waals surface area contributed by atoms with E-state index in [0.29, 0.717) is 11.3 Å². The van der Waals surface area contributed by atoms with Gasteiger partial charge in [0.25, 0.3) is 0 Å². The third kappa shape index (κ3) is 4.01. The average molecular weight is 364 g/mol. The molecule has 0 amide bonds. The molecule has 0 bridgehead atoms. The van der Waals surface area contributed by atoms with Crippen LogP contribution < -0.4 is 5.43 Å². The van der Waals surface area contributed by atoms with Crippen LogP contribution in [0.4, 0.5) is 0 Å². The highest BCUT2D eigenvalue weighted by molar-refractivity contribution is 5.87. The lowest BCUT2D eigenvalue weighted by atomic mass is 10.0. The summed E-state index contributed by atoms with van der Waals surface area (Å²) in [6.45, 7) is 0. The molecule has 0 saturated heterocycles. The summed E-state index contributed by atoms with van der Waals surface area (Å²) in [4.78, 5) is 12.4. The van der Waals surface area contributed by atoms with Gasteiger partial charge in [0, 0.05) is 12.1 Å². The molecule has 1 heterocycles. The molecule has 0 saturated carbocycles. The Morgan fingerprint density at radius 1 is 0.704 bits per heavy atom. The number of hydrogen-bond acceptors (Lipinski definition) is 6. The van der Waals surface area contributed by atoms with E-state index in [1.54, 1.807) is 36.4 Å². The van der Waals surface area contributed by atoms with Gasteiger partial charge >= 0.3 is 0 Å². The SMILES string of the molecule is O=c1c(-c2ccc(O)cc2)coc2cc(O)cc(O)c12.Oc1ccccc1. The first-order valence-corrected chi connectivity index (χ1v) is 7.96. The number of aromatic hydroxyl groups is 4. The molecule has 0 aliphatic carbocycles. The molecule has 6 nitrogen and oxygen atoms in total. The van der Waals surface area contributed by atoms with Crippen molar-refractivity contribution in [1.82, 2.24) is 0 Å². The number of benzene rings is 3. The maximum Gasteiger partial charge on any atom is 0.204 e. The topological polar surface area (TPSA) is 111 Å². The van der Waals surface area contributed by atoms with Crippen LogP contribution in [0.2, 0.25) is 0 Å². The number of hydrogen-bond donors (Lipinski definition) is 4. The zero-order valence-electron chi connectivity index (χ0n) is 14.0. The average Bonchev–Trinajstić information content (AvgIpc) is 2.63. The van der Waals surface area contributed by atoms with Crippen molar-refractivity contribution in [1.29, 1.82) is 0 Å². The maximum atomic E-state index is 12.4. The second-order valence-electron chi connectivity index (χ2n) is 5.70. The van der Waals surface area contributed by atoms with E-state index in [4.69, 9.17) is 9.52 Å². The Morgan fingerprint density at radius 3 is 1.93 bits per heavy atom. The van der Waals surface area contributed by atoms with E-state index in [1.165, 1.54) is 24.5 Å². The smallest absolute Gasteiger partial charge is 0.204 e. The van der Waals surface area contributed by atoms with Crippen LogP contribution in [0.25, 0.3) is 22.1 Å². The zero-order valence-corrected chi connectivity index (χ0v) is 14.0. The summed E-state index contributed by atoms with van der Waals surface area (Å²) in [7, 11) is 0. The lowest BCUT2D eigenvalue weighted by molar-refractivity contribution is 0.452. The molecule has 0 radical (unpaired) electrons. The standard InChI is InChI=1S/C15H10O5.C6H6O/c16-9-3-1-8(2-4-9)11-7-20-13-6-10(17)5-12(18)14(13)15(11)19;7-6-4-2-1-3-5-6/h1-7,16-18H;1-5,7H. The number of phenolic OH excluding ortho intramolecular Hbond substituents is 4. The van der Waals surface area contributed by atoms with Crippen LogP contribution in [0.15, 0.2) is 82.2 Å². The van der Waals surface area contributed by atoms with Gasteiger partial charge in [-0.25, -0.2) is 0 Å². The van der Waals surface area contributed by atoms with Gasteiger partial charge in [0.2, 0.25) is 5.43 Å². The molecular weight excluding hydrogens is 348 g/mol. The monoisotopic (exact) mass is 364 g/mol. The third-order valence-electron chi connectivity index (χ3n) is 3.78. The molecule has 27 heavy (non-hydrogen) atoms. The van der Waals surface area contributed by atoms with Crippen LogP contribution in [0, 0.1) is 0 Å². The highest BCUT2D eigenvalue weighted by Gasteiger charge is 2.13.